The van der Waals surface area contributed by atoms with Crippen LogP contribution in [0.5, 0.6) is 0 Å². The first-order valence-electron chi connectivity index (χ1n) is 6.46. The predicted octanol–water partition coefficient (Wildman–Crippen LogP) is 2.73. The number of carbonyl (C=O) groups excluding carboxylic acids is 1. The number of rotatable bonds is 4. The van der Waals surface area contributed by atoms with E-state index < -0.39 is 11.9 Å². The Labute approximate surface area is 121 Å². The van der Waals surface area contributed by atoms with Gasteiger partial charge in [-0.25, -0.2) is 4.98 Å². The molecule has 1 aromatic heterocycles. The van der Waals surface area contributed by atoms with Gasteiger partial charge >= 0.3 is 5.97 Å². The highest BCUT2D eigenvalue weighted by Crippen LogP contribution is 2.19. The molecule has 0 aliphatic carbocycles. The van der Waals surface area contributed by atoms with E-state index >= 15 is 0 Å². The van der Waals surface area contributed by atoms with Crippen molar-refractivity contribution in [2.24, 2.45) is 0 Å². The Bertz CT molecular complexity index is 673. The zero-order valence-corrected chi connectivity index (χ0v) is 12.0. The molecule has 0 spiro atoms. The van der Waals surface area contributed by atoms with Crippen LogP contribution >= 0.6 is 0 Å². The molecule has 1 amide bonds. The van der Waals surface area contributed by atoms with Crippen molar-refractivity contribution in [2.45, 2.75) is 26.7 Å². The van der Waals surface area contributed by atoms with Gasteiger partial charge in [0.25, 0.3) is 5.91 Å². The monoisotopic (exact) mass is 288 g/mol. The van der Waals surface area contributed by atoms with E-state index in [4.69, 9.17) is 9.52 Å². The highest BCUT2D eigenvalue weighted by atomic mass is 16.4. The first-order valence-corrected chi connectivity index (χ1v) is 6.46. The Morgan fingerprint density at radius 3 is 2.33 bits per heavy atom. The number of aryl methyl sites for hydroxylation is 2. The fourth-order valence-corrected chi connectivity index (χ4v) is 1.93. The number of aliphatic carboxylic acids is 1. The van der Waals surface area contributed by atoms with Crippen LogP contribution in [0.1, 0.15) is 40.5 Å². The van der Waals surface area contributed by atoms with Crippen LogP contribution in [0.3, 0.4) is 0 Å². The molecule has 0 saturated carbocycles. The highest BCUT2D eigenvalue weighted by molar-refractivity contribution is 6.02. The number of benzene rings is 1. The van der Waals surface area contributed by atoms with Crippen molar-refractivity contribution in [1.29, 1.82) is 0 Å². The molecule has 1 aromatic carbocycles. The maximum absolute atomic E-state index is 12.0. The predicted molar refractivity (Wildman–Crippen MR) is 76.4 cm³/mol. The van der Waals surface area contributed by atoms with Crippen molar-refractivity contribution in [3.05, 3.63) is 47.2 Å². The molecule has 0 fully saturated rings. The van der Waals surface area contributed by atoms with Crippen LogP contribution in [-0.4, -0.2) is 22.0 Å². The zero-order valence-electron chi connectivity index (χ0n) is 12.0. The summed E-state index contributed by atoms with van der Waals surface area (Å²) in [6, 6.07) is 6.66. The number of nitrogens with one attached hydrogen (secondary N) is 1. The van der Waals surface area contributed by atoms with Crippen molar-refractivity contribution >= 4 is 17.6 Å². The number of amides is 1. The number of aromatic nitrogens is 1. The van der Waals surface area contributed by atoms with Gasteiger partial charge in [0.1, 0.15) is 0 Å². The number of carboxylic acid groups (broad SMARTS) is 1. The van der Waals surface area contributed by atoms with Gasteiger partial charge in [0.15, 0.2) is 5.89 Å². The Morgan fingerprint density at radius 1 is 1.24 bits per heavy atom. The lowest BCUT2D eigenvalue weighted by atomic mass is 10.0. The van der Waals surface area contributed by atoms with Crippen molar-refractivity contribution in [2.75, 3.05) is 5.32 Å². The summed E-state index contributed by atoms with van der Waals surface area (Å²) in [5.41, 5.74) is 1.77. The minimum atomic E-state index is -0.889. The number of nitrogens with zero attached hydrogens (tertiary/aromatic N) is 1. The summed E-state index contributed by atoms with van der Waals surface area (Å²) in [5, 5.41) is 11.6. The molecular formula is C15H16N2O4. The number of hydrogen-bond acceptors (Lipinski definition) is 4. The van der Waals surface area contributed by atoms with Crippen molar-refractivity contribution in [3.63, 3.8) is 0 Å². The van der Waals surface area contributed by atoms with Crippen LogP contribution in [0, 0.1) is 13.8 Å². The lowest BCUT2D eigenvalue weighted by Crippen LogP contribution is -2.12. The fourth-order valence-electron chi connectivity index (χ4n) is 1.93. The lowest BCUT2D eigenvalue weighted by Gasteiger charge is -2.08. The number of carboxylic acids is 1. The molecular weight excluding hydrogens is 272 g/mol. The third-order valence-electron chi connectivity index (χ3n) is 3.15. The molecule has 0 saturated heterocycles. The largest absolute Gasteiger partial charge is 0.481 e. The van der Waals surface area contributed by atoms with Gasteiger partial charge in [-0.1, -0.05) is 12.1 Å². The van der Waals surface area contributed by atoms with E-state index in [1.54, 1.807) is 45.0 Å². The maximum Gasteiger partial charge on any atom is 0.310 e. The molecule has 0 aliphatic heterocycles. The van der Waals surface area contributed by atoms with Gasteiger partial charge in [-0.15, -0.1) is 0 Å². The molecule has 6 nitrogen and oxygen atoms in total. The van der Waals surface area contributed by atoms with E-state index in [2.05, 4.69) is 10.3 Å². The molecule has 1 atom stereocenters. The first kappa shape index (κ1) is 14.8. The third-order valence-corrected chi connectivity index (χ3v) is 3.15. The van der Waals surface area contributed by atoms with E-state index in [0.717, 1.165) is 0 Å². The van der Waals surface area contributed by atoms with E-state index in [-0.39, 0.29) is 11.7 Å². The van der Waals surface area contributed by atoms with Gasteiger partial charge < -0.3 is 14.8 Å². The van der Waals surface area contributed by atoms with E-state index in [1.165, 1.54) is 0 Å². The van der Waals surface area contributed by atoms with Crippen LogP contribution in [0.15, 0.2) is 28.7 Å². The van der Waals surface area contributed by atoms with E-state index in [9.17, 15) is 9.59 Å². The molecule has 2 N–H and O–H groups in total. The Hall–Kier alpha value is -2.63. The SMILES string of the molecule is Cc1nc(C)c(C(=O)Nc2ccc(C(C)C(=O)O)cc2)o1. The molecule has 1 heterocycles. The Kier molecular flexibility index (Phi) is 4.07. The molecule has 110 valence electrons. The first-order chi connectivity index (χ1) is 9.88. The van der Waals surface area contributed by atoms with Gasteiger partial charge in [0.2, 0.25) is 5.76 Å². The number of oxazole rings is 1. The smallest absolute Gasteiger partial charge is 0.310 e. The molecule has 2 rings (SSSR count). The second-order valence-corrected chi connectivity index (χ2v) is 4.78. The number of anilines is 1. The summed E-state index contributed by atoms with van der Waals surface area (Å²) < 4.78 is 5.24. The third kappa shape index (κ3) is 3.28. The summed E-state index contributed by atoms with van der Waals surface area (Å²) in [5.74, 6) is -1.25. The minimum absolute atomic E-state index is 0.176. The van der Waals surface area contributed by atoms with Crippen molar-refractivity contribution < 1.29 is 19.1 Å². The van der Waals surface area contributed by atoms with Crippen molar-refractivity contribution in [3.8, 4) is 0 Å². The summed E-state index contributed by atoms with van der Waals surface area (Å²) in [7, 11) is 0. The standard InChI is InChI=1S/C15H16N2O4/c1-8(15(19)20)11-4-6-12(7-5-11)17-14(18)13-9(2)16-10(3)21-13/h4-8H,1-3H3,(H,17,18)(H,19,20). The number of carbonyl (C=O) groups is 2. The Balaban J connectivity index is 2.12. The van der Waals surface area contributed by atoms with Crippen LogP contribution in [0.2, 0.25) is 0 Å². The van der Waals surface area contributed by atoms with Crippen molar-refractivity contribution in [1.82, 2.24) is 4.98 Å². The van der Waals surface area contributed by atoms with Gasteiger partial charge in [0.05, 0.1) is 11.6 Å². The topological polar surface area (TPSA) is 92.4 Å². The minimum Gasteiger partial charge on any atom is -0.481 e. The van der Waals surface area contributed by atoms with Gasteiger partial charge in [-0.2, -0.15) is 0 Å². The summed E-state index contributed by atoms with van der Waals surface area (Å²) in [4.78, 5) is 27.0. The zero-order chi connectivity index (χ0) is 15.6. The molecule has 6 heteroatoms. The molecule has 21 heavy (non-hydrogen) atoms. The molecule has 1 unspecified atom stereocenters. The second kappa shape index (κ2) is 5.78. The lowest BCUT2D eigenvalue weighted by molar-refractivity contribution is -0.138. The van der Waals surface area contributed by atoms with Crippen LogP contribution in [0.4, 0.5) is 5.69 Å². The highest BCUT2D eigenvalue weighted by Gasteiger charge is 2.17. The Morgan fingerprint density at radius 2 is 1.86 bits per heavy atom. The maximum atomic E-state index is 12.0. The molecule has 0 radical (unpaired) electrons. The normalized spacial score (nSPS) is 12.0. The second-order valence-electron chi connectivity index (χ2n) is 4.78. The summed E-state index contributed by atoms with van der Waals surface area (Å²) in [6.07, 6.45) is 0. The molecule has 0 bridgehead atoms. The quantitative estimate of drug-likeness (QED) is 0.902. The van der Waals surface area contributed by atoms with Crippen LogP contribution in [0.25, 0.3) is 0 Å². The average molecular weight is 288 g/mol. The van der Waals surface area contributed by atoms with E-state index in [0.29, 0.717) is 22.8 Å². The summed E-state index contributed by atoms with van der Waals surface area (Å²) in [6.45, 7) is 4.98. The van der Waals surface area contributed by atoms with Gasteiger partial charge in [-0.05, 0) is 31.5 Å². The van der Waals surface area contributed by atoms with Gasteiger partial charge in [0, 0.05) is 12.6 Å². The average Bonchev–Trinajstić information content (AvgIpc) is 2.77. The molecule has 0 aliphatic rings. The summed E-state index contributed by atoms with van der Waals surface area (Å²) >= 11 is 0. The van der Waals surface area contributed by atoms with E-state index in [1.807, 2.05) is 0 Å². The number of hydrogen-bond donors (Lipinski definition) is 2. The fraction of sp³-hybridized carbons (Fsp3) is 0.267. The van der Waals surface area contributed by atoms with Crippen LogP contribution in [-0.2, 0) is 4.79 Å². The van der Waals surface area contributed by atoms with Gasteiger partial charge in [-0.3, -0.25) is 9.59 Å². The van der Waals surface area contributed by atoms with Crippen LogP contribution < -0.4 is 5.32 Å². The molecule has 2 aromatic rings.